The molecule has 1 aromatic rings. The highest BCUT2D eigenvalue weighted by Gasteiger charge is 2.44. The van der Waals surface area contributed by atoms with Crippen LogP contribution in [0.1, 0.15) is 6.92 Å². The van der Waals surface area contributed by atoms with Crippen molar-refractivity contribution in [3.63, 3.8) is 0 Å². The maximum absolute atomic E-state index is 10.7. The standard InChI is InChI=1S/C8H11N.CHF3O3S/c1-2-9-8-6-4-3-5-7-8;2-1(3,4)8(5,6)7/h3-7,9H,2H2,1H3;(H,5,6,7). The predicted molar refractivity (Wildman–Crippen MR) is 58.2 cm³/mol. The molecule has 0 aliphatic heterocycles. The summed E-state index contributed by atoms with van der Waals surface area (Å²) in [5.74, 6) is 0. The van der Waals surface area contributed by atoms with Crippen molar-refractivity contribution in [3.05, 3.63) is 30.3 Å². The Labute approximate surface area is 97.2 Å². The summed E-state index contributed by atoms with van der Waals surface area (Å²) in [6, 6.07) is 10.2. The molecule has 0 spiro atoms. The maximum Gasteiger partial charge on any atom is 0.522 e. The van der Waals surface area contributed by atoms with Gasteiger partial charge in [0.2, 0.25) is 0 Å². The number of rotatable bonds is 2. The molecule has 0 aromatic heterocycles. The van der Waals surface area contributed by atoms with Crippen LogP contribution in [0.25, 0.3) is 0 Å². The Balaban J connectivity index is 0.000000304. The summed E-state index contributed by atoms with van der Waals surface area (Å²) in [5, 5.41) is 3.21. The van der Waals surface area contributed by atoms with Crippen molar-refractivity contribution < 1.29 is 26.1 Å². The third-order valence-electron chi connectivity index (χ3n) is 1.45. The van der Waals surface area contributed by atoms with Crippen LogP contribution in [0, 0.1) is 0 Å². The normalized spacial score (nSPS) is 11.4. The van der Waals surface area contributed by atoms with E-state index in [9.17, 15) is 13.2 Å². The lowest BCUT2D eigenvalue weighted by Gasteiger charge is -1.99. The van der Waals surface area contributed by atoms with E-state index in [1.807, 2.05) is 18.2 Å². The van der Waals surface area contributed by atoms with Gasteiger partial charge in [-0.1, -0.05) is 18.2 Å². The molecule has 0 bridgehead atoms. The number of benzene rings is 1. The number of anilines is 1. The van der Waals surface area contributed by atoms with E-state index in [1.165, 1.54) is 5.69 Å². The molecule has 0 aliphatic rings. The van der Waals surface area contributed by atoms with E-state index in [0.29, 0.717) is 0 Å². The van der Waals surface area contributed by atoms with Gasteiger partial charge < -0.3 is 5.32 Å². The highest BCUT2D eigenvalue weighted by molar-refractivity contribution is 7.86. The van der Waals surface area contributed by atoms with Crippen LogP contribution in [0.5, 0.6) is 0 Å². The molecule has 2 N–H and O–H groups in total. The van der Waals surface area contributed by atoms with Crippen molar-refractivity contribution >= 4 is 15.8 Å². The highest BCUT2D eigenvalue weighted by atomic mass is 32.2. The van der Waals surface area contributed by atoms with Gasteiger partial charge in [-0.3, -0.25) is 4.55 Å². The number of nitrogens with one attached hydrogen (secondary N) is 1. The number of alkyl halides is 3. The van der Waals surface area contributed by atoms with Gasteiger partial charge in [-0.2, -0.15) is 21.6 Å². The van der Waals surface area contributed by atoms with Gasteiger partial charge in [0.15, 0.2) is 0 Å². The SMILES string of the molecule is CCNc1ccccc1.O=S(=O)(O)C(F)(F)F. The van der Waals surface area contributed by atoms with Gasteiger partial charge in [0, 0.05) is 12.2 Å². The van der Waals surface area contributed by atoms with E-state index in [0.717, 1.165) is 6.54 Å². The average Bonchev–Trinajstić information content (AvgIpc) is 2.17. The molecule has 0 saturated carbocycles. The van der Waals surface area contributed by atoms with Gasteiger partial charge in [0.05, 0.1) is 0 Å². The van der Waals surface area contributed by atoms with Gasteiger partial charge in [-0.15, -0.1) is 0 Å². The van der Waals surface area contributed by atoms with Crippen LogP contribution >= 0.6 is 0 Å². The number of para-hydroxylation sites is 1. The van der Waals surface area contributed by atoms with E-state index in [-0.39, 0.29) is 0 Å². The van der Waals surface area contributed by atoms with Gasteiger partial charge in [-0.25, -0.2) is 0 Å². The second-order valence-electron chi connectivity index (χ2n) is 2.82. The molecule has 0 aliphatic carbocycles. The molecule has 1 aromatic carbocycles. The van der Waals surface area contributed by atoms with Crippen molar-refractivity contribution in [1.82, 2.24) is 0 Å². The molecule has 0 radical (unpaired) electrons. The summed E-state index contributed by atoms with van der Waals surface area (Å²) >= 11 is 0. The highest BCUT2D eigenvalue weighted by Crippen LogP contribution is 2.20. The summed E-state index contributed by atoms with van der Waals surface area (Å²) in [4.78, 5) is 0. The molecule has 0 heterocycles. The molecule has 1 rings (SSSR count). The summed E-state index contributed by atoms with van der Waals surface area (Å²) in [5.41, 5.74) is -4.34. The van der Waals surface area contributed by atoms with E-state index < -0.39 is 15.6 Å². The first kappa shape index (κ1) is 15.7. The van der Waals surface area contributed by atoms with Crippen LogP contribution in [0.3, 0.4) is 0 Å². The zero-order valence-electron chi connectivity index (χ0n) is 8.90. The molecule has 4 nitrogen and oxygen atoms in total. The molecule has 98 valence electrons. The van der Waals surface area contributed by atoms with Gasteiger partial charge in [-0.05, 0) is 19.1 Å². The minimum atomic E-state index is -5.84. The van der Waals surface area contributed by atoms with E-state index >= 15 is 0 Å². The molecule has 17 heavy (non-hydrogen) atoms. The fourth-order valence-corrected chi connectivity index (χ4v) is 0.760. The molecular formula is C9H12F3NO3S. The predicted octanol–water partition coefficient (Wildman–Crippen LogP) is 2.51. The molecule has 8 heteroatoms. The molecule has 0 saturated heterocycles. The first-order valence-corrected chi connectivity index (χ1v) is 5.95. The molecule has 0 atom stereocenters. The Hall–Kier alpha value is -1.28. The summed E-state index contributed by atoms with van der Waals surface area (Å²) < 4.78 is 57.5. The van der Waals surface area contributed by atoms with Crippen LogP contribution in [0.15, 0.2) is 30.3 Å². The molecule has 0 amide bonds. The van der Waals surface area contributed by atoms with Crippen molar-refractivity contribution in [1.29, 1.82) is 0 Å². The van der Waals surface area contributed by atoms with Crippen molar-refractivity contribution in [2.45, 2.75) is 12.4 Å². The fraction of sp³-hybridized carbons (Fsp3) is 0.333. The number of hydrogen-bond acceptors (Lipinski definition) is 3. The van der Waals surface area contributed by atoms with Gasteiger partial charge in [0.1, 0.15) is 0 Å². The third-order valence-corrected chi connectivity index (χ3v) is 2.03. The lowest BCUT2D eigenvalue weighted by atomic mass is 10.3. The quantitative estimate of drug-likeness (QED) is 0.640. The van der Waals surface area contributed by atoms with E-state index in [2.05, 4.69) is 24.4 Å². The Morgan fingerprint density at radius 3 is 1.94 bits per heavy atom. The van der Waals surface area contributed by atoms with Gasteiger partial charge >= 0.3 is 15.6 Å². The largest absolute Gasteiger partial charge is 0.522 e. The van der Waals surface area contributed by atoms with Crippen molar-refractivity contribution in [3.8, 4) is 0 Å². The van der Waals surface area contributed by atoms with Crippen molar-refractivity contribution in [2.24, 2.45) is 0 Å². The Bertz CT molecular complexity index is 417. The fourth-order valence-electron chi connectivity index (χ4n) is 0.760. The zero-order chi connectivity index (χ0) is 13.5. The smallest absolute Gasteiger partial charge is 0.385 e. The molecule has 0 fully saturated rings. The lowest BCUT2D eigenvalue weighted by Crippen LogP contribution is -2.21. The van der Waals surface area contributed by atoms with Gasteiger partial charge in [0.25, 0.3) is 0 Å². The Morgan fingerprint density at radius 1 is 1.24 bits per heavy atom. The zero-order valence-corrected chi connectivity index (χ0v) is 9.72. The molecular weight excluding hydrogens is 259 g/mol. The van der Waals surface area contributed by atoms with Crippen LogP contribution in [0.2, 0.25) is 0 Å². The number of hydrogen-bond donors (Lipinski definition) is 2. The first-order chi connectivity index (χ1) is 7.68. The summed E-state index contributed by atoms with van der Waals surface area (Å²) in [6.45, 7) is 3.08. The summed E-state index contributed by atoms with van der Waals surface area (Å²) in [7, 11) is -5.84. The monoisotopic (exact) mass is 271 g/mol. The maximum atomic E-state index is 10.7. The lowest BCUT2D eigenvalue weighted by molar-refractivity contribution is -0.0510. The molecule has 0 unspecified atom stereocenters. The van der Waals surface area contributed by atoms with Crippen LogP contribution in [-0.2, 0) is 10.1 Å². The average molecular weight is 271 g/mol. The number of halogens is 3. The van der Waals surface area contributed by atoms with Crippen molar-refractivity contribution in [2.75, 3.05) is 11.9 Å². The first-order valence-electron chi connectivity index (χ1n) is 4.51. The van der Waals surface area contributed by atoms with Crippen LogP contribution in [0.4, 0.5) is 18.9 Å². The van der Waals surface area contributed by atoms with E-state index in [1.54, 1.807) is 0 Å². The topological polar surface area (TPSA) is 66.4 Å². The van der Waals surface area contributed by atoms with Crippen LogP contribution < -0.4 is 5.32 Å². The second-order valence-corrected chi connectivity index (χ2v) is 4.23. The third kappa shape index (κ3) is 6.80. The Kier molecular flexibility index (Phi) is 5.97. The Morgan fingerprint density at radius 2 is 1.65 bits per heavy atom. The van der Waals surface area contributed by atoms with E-state index in [4.69, 9.17) is 13.0 Å². The minimum absolute atomic E-state index is 0.990. The minimum Gasteiger partial charge on any atom is -0.385 e. The van der Waals surface area contributed by atoms with Crippen LogP contribution in [-0.4, -0.2) is 25.0 Å². The second kappa shape index (κ2) is 6.45. The summed E-state index contributed by atoms with van der Waals surface area (Å²) in [6.07, 6.45) is 0.